The number of hydrogen-bond acceptors (Lipinski definition) is 6. The number of nitrogens with zero attached hydrogens (tertiary/aromatic N) is 3. The zero-order chi connectivity index (χ0) is 17.9. The minimum Gasteiger partial charge on any atom is -0.438 e. The van der Waals surface area contributed by atoms with Crippen LogP contribution in [0.4, 0.5) is 5.69 Å². The highest BCUT2D eigenvalue weighted by Crippen LogP contribution is 2.35. The molecule has 1 aromatic carbocycles. The molecule has 26 heavy (non-hydrogen) atoms. The van der Waals surface area contributed by atoms with Crippen LogP contribution in [0.5, 0.6) is 11.6 Å². The minimum atomic E-state index is -0.167. The van der Waals surface area contributed by atoms with Crippen molar-refractivity contribution in [2.75, 3.05) is 5.32 Å². The van der Waals surface area contributed by atoms with Gasteiger partial charge >= 0.3 is 0 Å². The molecule has 7 heteroatoms. The van der Waals surface area contributed by atoms with Crippen molar-refractivity contribution in [1.29, 1.82) is 0 Å². The van der Waals surface area contributed by atoms with Crippen molar-refractivity contribution in [3.63, 3.8) is 0 Å². The molecule has 3 aromatic rings. The molecule has 1 atom stereocenters. The zero-order valence-corrected chi connectivity index (χ0v) is 15.1. The van der Waals surface area contributed by atoms with E-state index in [0.717, 1.165) is 35.7 Å². The number of carbonyl (C=O) groups excluding carboxylic acids is 1. The van der Waals surface area contributed by atoms with Crippen molar-refractivity contribution in [1.82, 2.24) is 15.0 Å². The van der Waals surface area contributed by atoms with Crippen LogP contribution in [0.15, 0.2) is 42.9 Å². The molecule has 1 aliphatic rings. The Morgan fingerprint density at radius 2 is 2.12 bits per heavy atom. The third-order valence-electron chi connectivity index (χ3n) is 4.26. The van der Waals surface area contributed by atoms with Crippen molar-refractivity contribution >= 4 is 22.9 Å². The summed E-state index contributed by atoms with van der Waals surface area (Å²) in [6, 6.07) is 7.23. The predicted molar refractivity (Wildman–Crippen MR) is 99.7 cm³/mol. The van der Waals surface area contributed by atoms with Crippen LogP contribution in [-0.4, -0.2) is 20.9 Å². The Labute approximate surface area is 155 Å². The molecule has 0 bridgehead atoms. The third-order valence-corrected chi connectivity index (χ3v) is 5.31. The van der Waals surface area contributed by atoms with Gasteiger partial charge < -0.3 is 10.1 Å². The highest BCUT2D eigenvalue weighted by Gasteiger charge is 2.29. The fourth-order valence-corrected chi connectivity index (χ4v) is 4.13. The highest BCUT2D eigenvalue weighted by molar-refractivity contribution is 7.11. The first-order chi connectivity index (χ1) is 12.7. The lowest BCUT2D eigenvalue weighted by Crippen LogP contribution is -2.24. The maximum absolute atomic E-state index is 12.7. The summed E-state index contributed by atoms with van der Waals surface area (Å²) in [4.78, 5) is 26.6. The van der Waals surface area contributed by atoms with Crippen LogP contribution < -0.4 is 10.1 Å². The molecular formula is C19H18N4O2S. The summed E-state index contributed by atoms with van der Waals surface area (Å²) in [7, 11) is 0. The SMILES string of the molecule is Cc1nc2c(s1)CCCC2C(=O)Nc1ccc(Oc2cnccn2)cc1. The average molecular weight is 366 g/mol. The second-order valence-corrected chi connectivity index (χ2v) is 7.43. The second kappa shape index (κ2) is 7.21. The Bertz CT molecular complexity index is 909. The van der Waals surface area contributed by atoms with Crippen LogP contribution >= 0.6 is 11.3 Å². The third kappa shape index (κ3) is 3.57. The molecule has 2 aromatic heterocycles. The molecule has 2 heterocycles. The molecule has 0 saturated carbocycles. The van der Waals surface area contributed by atoms with E-state index in [2.05, 4.69) is 20.3 Å². The maximum Gasteiger partial charge on any atom is 0.237 e. The number of amides is 1. The maximum atomic E-state index is 12.7. The number of aryl methyl sites for hydroxylation is 2. The standard InChI is InChI=1S/C19H18N4O2S/c1-12-22-18-15(3-2-4-16(18)26-12)19(24)23-13-5-7-14(8-6-13)25-17-11-20-9-10-21-17/h5-11,15H,2-4H2,1H3,(H,23,24). The van der Waals surface area contributed by atoms with Gasteiger partial charge in [0, 0.05) is 23.0 Å². The molecule has 0 spiro atoms. The van der Waals surface area contributed by atoms with E-state index in [9.17, 15) is 4.79 Å². The number of fused-ring (bicyclic) bond motifs is 1. The highest BCUT2D eigenvalue weighted by atomic mass is 32.1. The summed E-state index contributed by atoms with van der Waals surface area (Å²) >= 11 is 1.70. The first kappa shape index (κ1) is 16.7. The van der Waals surface area contributed by atoms with Gasteiger partial charge in [0.15, 0.2) is 0 Å². The fraction of sp³-hybridized carbons (Fsp3) is 0.263. The van der Waals surface area contributed by atoms with Gasteiger partial charge in [0.1, 0.15) is 5.75 Å². The summed E-state index contributed by atoms with van der Waals surface area (Å²) in [5.74, 6) is 0.898. The molecular weight excluding hydrogens is 348 g/mol. The fourth-order valence-electron chi connectivity index (χ4n) is 3.09. The zero-order valence-electron chi connectivity index (χ0n) is 14.3. The lowest BCUT2D eigenvalue weighted by Gasteiger charge is -2.20. The van der Waals surface area contributed by atoms with Crippen molar-refractivity contribution in [3.8, 4) is 11.6 Å². The Morgan fingerprint density at radius 1 is 1.27 bits per heavy atom. The lowest BCUT2D eigenvalue weighted by molar-refractivity contribution is -0.117. The first-order valence-electron chi connectivity index (χ1n) is 8.50. The van der Waals surface area contributed by atoms with E-state index in [4.69, 9.17) is 4.74 Å². The number of aromatic nitrogens is 3. The van der Waals surface area contributed by atoms with Crippen molar-refractivity contribution in [2.45, 2.75) is 32.1 Å². The van der Waals surface area contributed by atoms with E-state index in [-0.39, 0.29) is 11.8 Å². The van der Waals surface area contributed by atoms with Gasteiger partial charge in [-0.05, 0) is 50.5 Å². The van der Waals surface area contributed by atoms with E-state index < -0.39 is 0 Å². The number of hydrogen-bond donors (Lipinski definition) is 1. The van der Waals surface area contributed by atoms with Gasteiger partial charge in [-0.1, -0.05) is 0 Å². The van der Waals surface area contributed by atoms with Gasteiger partial charge in [-0.3, -0.25) is 9.78 Å². The van der Waals surface area contributed by atoms with Gasteiger partial charge in [-0.25, -0.2) is 9.97 Å². The molecule has 0 saturated heterocycles. The van der Waals surface area contributed by atoms with E-state index in [1.54, 1.807) is 42.1 Å². The number of carbonyl (C=O) groups is 1. The van der Waals surface area contributed by atoms with Crippen LogP contribution in [0, 0.1) is 6.92 Å². The van der Waals surface area contributed by atoms with Gasteiger partial charge in [0.2, 0.25) is 11.8 Å². The topological polar surface area (TPSA) is 77.0 Å². The number of nitrogens with one attached hydrogen (secondary N) is 1. The summed E-state index contributed by atoms with van der Waals surface area (Å²) < 4.78 is 5.61. The van der Waals surface area contributed by atoms with Crippen LogP contribution in [0.3, 0.4) is 0 Å². The summed E-state index contributed by atoms with van der Waals surface area (Å²) in [5, 5.41) is 4.02. The average Bonchev–Trinajstić information content (AvgIpc) is 3.04. The van der Waals surface area contributed by atoms with Crippen LogP contribution in [0.2, 0.25) is 0 Å². The summed E-state index contributed by atoms with van der Waals surface area (Å²) in [5.41, 5.74) is 1.69. The normalized spacial score (nSPS) is 16.0. The molecule has 0 fully saturated rings. The molecule has 4 rings (SSSR count). The van der Waals surface area contributed by atoms with Crippen molar-refractivity contribution < 1.29 is 9.53 Å². The first-order valence-corrected chi connectivity index (χ1v) is 9.32. The monoisotopic (exact) mass is 366 g/mol. The number of thiazole rings is 1. The van der Waals surface area contributed by atoms with Crippen molar-refractivity contribution in [2.24, 2.45) is 0 Å². The number of ether oxygens (including phenoxy) is 1. The Balaban J connectivity index is 1.44. The minimum absolute atomic E-state index is 0.00107. The predicted octanol–water partition coefficient (Wildman–Crippen LogP) is 4.09. The molecule has 1 amide bonds. The molecule has 0 aliphatic heterocycles. The molecule has 132 valence electrons. The van der Waals surface area contributed by atoms with Gasteiger partial charge in [-0.15, -0.1) is 11.3 Å². The Hall–Kier alpha value is -2.80. The number of rotatable bonds is 4. The van der Waals surface area contributed by atoms with E-state index >= 15 is 0 Å². The largest absolute Gasteiger partial charge is 0.438 e. The summed E-state index contributed by atoms with van der Waals surface area (Å²) in [6.45, 7) is 1.99. The smallest absolute Gasteiger partial charge is 0.237 e. The molecule has 1 aliphatic carbocycles. The lowest BCUT2D eigenvalue weighted by atomic mass is 9.90. The summed E-state index contributed by atoms with van der Waals surface area (Å²) in [6.07, 6.45) is 7.60. The van der Waals surface area contributed by atoms with E-state index in [0.29, 0.717) is 11.6 Å². The van der Waals surface area contributed by atoms with Crippen LogP contribution in [0.1, 0.15) is 34.3 Å². The van der Waals surface area contributed by atoms with Gasteiger partial charge in [0.25, 0.3) is 0 Å². The van der Waals surface area contributed by atoms with Gasteiger partial charge in [-0.2, -0.15) is 0 Å². The van der Waals surface area contributed by atoms with Crippen LogP contribution in [-0.2, 0) is 11.2 Å². The van der Waals surface area contributed by atoms with E-state index in [1.807, 2.05) is 19.1 Å². The van der Waals surface area contributed by atoms with Gasteiger partial charge in [0.05, 0.1) is 22.8 Å². The number of benzene rings is 1. The Kier molecular flexibility index (Phi) is 4.62. The second-order valence-electron chi connectivity index (χ2n) is 6.15. The molecule has 0 radical (unpaired) electrons. The number of anilines is 1. The molecule has 1 N–H and O–H groups in total. The Morgan fingerprint density at radius 3 is 2.88 bits per heavy atom. The molecule has 6 nitrogen and oxygen atoms in total. The quantitative estimate of drug-likeness (QED) is 0.752. The van der Waals surface area contributed by atoms with Crippen LogP contribution in [0.25, 0.3) is 0 Å². The van der Waals surface area contributed by atoms with E-state index in [1.165, 1.54) is 4.88 Å². The van der Waals surface area contributed by atoms with Crippen molar-refractivity contribution in [3.05, 3.63) is 58.4 Å². The molecule has 1 unspecified atom stereocenters.